The lowest BCUT2D eigenvalue weighted by Gasteiger charge is -2.24. The first-order chi connectivity index (χ1) is 9.38. The highest BCUT2D eigenvalue weighted by molar-refractivity contribution is 5.24. The van der Waals surface area contributed by atoms with E-state index in [1.165, 1.54) is 50.3 Å². The molecule has 1 atom stereocenters. The molecule has 2 fully saturated rings. The van der Waals surface area contributed by atoms with Crippen molar-refractivity contribution in [3.05, 3.63) is 17.5 Å². The van der Waals surface area contributed by atoms with Crippen molar-refractivity contribution in [2.24, 2.45) is 12.5 Å². The summed E-state index contributed by atoms with van der Waals surface area (Å²) >= 11 is 0. The first-order valence-electron chi connectivity index (χ1n) is 7.84. The quantitative estimate of drug-likeness (QED) is 0.895. The van der Waals surface area contributed by atoms with Gasteiger partial charge in [0.25, 0.3) is 0 Å². The summed E-state index contributed by atoms with van der Waals surface area (Å²) in [6, 6.07) is 0. The molecule has 2 aliphatic rings. The minimum Gasteiger partial charge on any atom is -0.316 e. The zero-order chi connectivity index (χ0) is 14.4. The van der Waals surface area contributed by atoms with Gasteiger partial charge in [-0.25, -0.2) is 0 Å². The van der Waals surface area contributed by atoms with Crippen LogP contribution in [0.5, 0.6) is 0 Å². The number of nitrogens with one attached hydrogen (secondary N) is 1. The lowest BCUT2D eigenvalue weighted by atomic mass is 9.86. The van der Waals surface area contributed by atoms with Crippen molar-refractivity contribution >= 4 is 0 Å². The molecule has 0 radical (unpaired) electrons. The maximum absolute atomic E-state index is 4.69. The van der Waals surface area contributed by atoms with Crippen LogP contribution in [-0.2, 0) is 19.0 Å². The van der Waals surface area contributed by atoms with E-state index < -0.39 is 0 Å². The molecule has 0 bridgehead atoms. The van der Waals surface area contributed by atoms with Crippen LogP contribution in [0.1, 0.15) is 44.9 Å². The third-order valence-corrected chi connectivity index (χ3v) is 4.86. The van der Waals surface area contributed by atoms with Gasteiger partial charge in [0.1, 0.15) is 0 Å². The Hall–Kier alpha value is -0.870. The molecule has 112 valence electrons. The zero-order valence-corrected chi connectivity index (χ0v) is 13.4. The molecule has 2 aliphatic heterocycles. The number of hydrogen-bond donors (Lipinski definition) is 1. The Morgan fingerprint density at radius 1 is 1.35 bits per heavy atom. The molecule has 2 saturated heterocycles. The standard InChI is InChI=1S/C16H28N4/c1-15(2,3)14-13(9-19(4)18-14)10-20-8-6-16(12-20)5-7-17-11-16/h9,17H,5-8,10-12H2,1-4H3. The molecule has 20 heavy (non-hydrogen) atoms. The molecule has 1 N–H and O–H groups in total. The summed E-state index contributed by atoms with van der Waals surface area (Å²) in [5, 5.41) is 8.23. The summed E-state index contributed by atoms with van der Waals surface area (Å²) in [5.74, 6) is 0. The Morgan fingerprint density at radius 3 is 2.80 bits per heavy atom. The van der Waals surface area contributed by atoms with Crippen LogP contribution in [0, 0.1) is 5.41 Å². The topological polar surface area (TPSA) is 33.1 Å². The molecule has 1 aromatic rings. The Morgan fingerprint density at radius 2 is 2.15 bits per heavy atom. The first-order valence-corrected chi connectivity index (χ1v) is 7.84. The molecule has 1 aromatic heterocycles. The molecular weight excluding hydrogens is 248 g/mol. The summed E-state index contributed by atoms with van der Waals surface area (Å²) in [6.45, 7) is 12.7. The van der Waals surface area contributed by atoms with E-state index in [9.17, 15) is 0 Å². The normalized spacial score (nSPS) is 27.8. The van der Waals surface area contributed by atoms with Crippen molar-refractivity contribution in [3.8, 4) is 0 Å². The lowest BCUT2D eigenvalue weighted by Crippen LogP contribution is -2.29. The van der Waals surface area contributed by atoms with Gasteiger partial charge in [-0.2, -0.15) is 5.10 Å². The van der Waals surface area contributed by atoms with E-state index in [-0.39, 0.29) is 5.41 Å². The van der Waals surface area contributed by atoms with Gasteiger partial charge in [-0.05, 0) is 31.3 Å². The molecule has 3 rings (SSSR count). The van der Waals surface area contributed by atoms with Gasteiger partial charge < -0.3 is 5.32 Å². The van der Waals surface area contributed by atoms with Crippen LogP contribution in [0.15, 0.2) is 6.20 Å². The lowest BCUT2D eigenvalue weighted by molar-refractivity contribution is 0.267. The molecular formula is C16H28N4. The molecule has 3 heterocycles. The van der Waals surface area contributed by atoms with Crippen molar-refractivity contribution < 1.29 is 0 Å². The van der Waals surface area contributed by atoms with E-state index in [0.29, 0.717) is 5.41 Å². The highest BCUT2D eigenvalue weighted by atomic mass is 15.3. The number of likely N-dealkylation sites (tertiary alicyclic amines) is 1. The highest BCUT2D eigenvalue weighted by Crippen LogP contribution is 2.37. The fourth-order valence-electron chi connectivity index (χ4n) is 3.83. The summed E-state index contributed by atoms with van der Waals surface area (Å²) in [5.41, 5.74) is 3.35. The smallest absolute Gasteiger partial charge is 0.0722 e. The maximum Gasteiger partial charge on any atom is 0.0722 e. The number of aromatic nitrogens is 2. The Balaban J connectivity index is 1.73. The highest BCUT2D eigenvalue weighted by Gasteiger charge is 2.40. The number of nitrogens with zero attached hydrogens (tertiary/aromatic N) is 3. The van der Waals surface area contributed by atoms with Crippen LogP contribution < -0.4 is 5.32 Å². The van der Waals surface area contributed by atoms with Gasteiger partial charge in [0.2, 0.25) is 0 Å². The van der Waals surface area contributed by atoms with Crippen molar-refractivity contribution in [2.45, 2.75) is 45.6 Å². The van der Waals surface area contributed by atoms with Crippen molar-refractivity contribution in [1.29, 1.82) is 0 Å². The van der Waals surface area contributed by atoms with Crippen LogP contribution in [0.2, 0.25) is 0 Å². The van der Waals surface area contributed by atoms with Crippen LogP contribution >= 0.6 is 0 Å². The van der Waals surface area contributed by atoms with E-state index in [1.54, 1.807) is 0 Å². The monoisotopic (exact) mass is 276 g/mol. The first kappa shape index (κ1) is 14.1. The van der Waals surface area contributed by atoms with E-state index in [1.807, 2.05) is 11.7 Å². The molecule has 1 spiro atoms. The van der Waals surface area contributed by atoms with Crippen LogP contribution in [0.4, 0.5) is 0 Å². The number of rotatable bonds is 2. The molecule has 0 amide bonds. The Bertz CT molecular complexity index is 477. The second kappa shape index (κ2) is 4.85. The average molecular weight is 276 g/mol. The third kappa shape index (κ3) is 2.63. The van der Waals surface area contributed by atoms with E-state index in [2.05, 4.69) is 37.2 Å². The maximum atomic E-state index is 4.69. The molecule has 0 aromatic carbocycles. The van der Waals surface area contributed by atoms with Gasteiger partial charge in [0, 0.05) is 43.9 Å². The van der Waals surface area contributed by atoms with Gasteiger partial charge in [-0.3, -0.25) is 9.58 Å². The van der Waals surface area contributed by atoms with E-state index >= 15 is 0 Å². The van der Waals surface area contributed by atoms with E-state index in [0.717, 1.165) is 6.54 Å². The van der Waals surface area contributed by atoms with Gasteiger partial charge in [0.15, 0.2) is 0 Å². The minimum atomic E-state index is 0.128. The summed E-state index contributed by atoms with van der Waals surface area (Å²) in [4.78, 5) is 2.62. The molecule has 4 nitrogen and oxygen atoms in total. The Kier molecular flexibility index (Phi) is 3.41. The molecule has 0 saturated carbocycles. The van der Waals surface area contributed by atoms with E-state index in [4.69, 9.17) is 5.10 Å². The second-order valence-electron chi connectivity index (χ2n) is 7.81. The predicted molar refractivity (Wildman–Crippen MR) is 81.7 cm³/mol. The summed E-state index contributed by atoms with van der Waals surface area (Å²) in [6.07, 6.45) is 4.91. The predicted octanol–water partition coefficient (Wildman–Crippen LogP) is 1.90. The SMILES string of the molecule is Cn1cc(CN2CCC3(CCNC3)C2)c(C(C)(C)C)n1. The van der Waals surface area contributed by atoms with Crippen molar-refractivity contribution in [2.75, 3.05) is 26.2 Å². The van der Waals surface area contributed by atoms with Crippen LogP contribution in [-0.4, -0.2) is 40.9 Å². The fourth-order valence-corrected chi connectivity index (χ4v) is 3.83. The van der Waals surface area contributed by atoms with Crippen molar-refractivity contribution in [3.63, 3.8) is 0 Å². The molecule has 1 unspecified atom stereocenters. The largest absolute Gasteiger partial charge is 0.316 e. The second-order valence-corrected chi connectivity index (χ2v) is 7.81. The van der Waals surface area contributed by atoms with Gasteiger partial charge in [-0.1, -0.05) is 20.8 Å². The van der Waals surface area contributed by atoms with Crippen LogP contribution in [0.25, 0.3) is 0 Å². The summed E-state index contributed by atoms with van der Waals surface area (Å²) in [7, 11) is 2.03. The average Bonchev–Trinajstić information content (AvgIpc) is 3.03. The van der Waals surface area contributed by atoms with Gasteiger partial charge >= 0.3 is 0 Å². The number of hydrogen-bond acceptors (Lipinski definition) is 3. The summed E-state index contributed by atoms with van der Waals surface area (Å²) < 4.78 is 1.97. The van der Waals surface area contributed by atoms with Crippen LogP contribution in [0.3, 0.4) is 0 Å². The fraction of sp³-hybridized carbons (Fsp3) is 0.812. The molecule has 4 heteroatoms. The minimum absolute atomic E-state index is 0.128. The zero-order valence-electron chi connectivity index (χ0n) is 13.4. The molecule has 0 aliphatic carbocycles. The Labute approximate surface area is 122 Å². The van der Waals surface area contributed by atoms with Gasteiger partial charge in [-0.15, -0.1) is 0 Å². The number of aryl methyl sites for hydroxylation is 1. The van der Waals surface area contributed by atoms with Crippen molar-refractivity contribution in [1.82, 2.24) is 20.0 Å². The van der Waals surface area contributed by atoms with Gasteiger partial charge in [0.05, 0.1) is 5.69 Å². The third-order valence-electron chi connectivity index (χ3n) is 4.86.